The van der Waals surface area contributed by atoms with Gasteiger partial charge in [0.1, 0.15) is 5.75 Å². The number of aromatic nitrogens is 3. The minimum atomic E-state index is 0.395. The first-order valence-electron chi connectivity index (χ1n) is 7.28. The number of hydrogen-bond donors (Lipinski definition) is 2. The Bertz CT molecular complexity index is 856. The molecular weight excluding hydrogens is 326 g/mol. The fourth-order valence-corrected chi connectivity index (χ4v) is 2.36. The van der Waals surface area contributed by atoms with Gasteiger partial charge in [-0.2, -0.15) is 10.1 Å². The molecule has 3 rings (SSSR count). The molecular formula is C17H16ClN5O. The van der Waals surface area contributed by atoms with Crippen LogP contribution in [0.4, 0.5) is 23.1 Å². The van der Waals surface area contributed by atoms with E-state index in [1.54, 1.807) is 25.3 Å². The molecule has 0 saturated heterocycles. The number of methoxy groups -OCH3 is 1. The fourth-order valence-electron chi connectivity index (χ4n) is 2.18. The van der Waals surface area contributed by atoms with Crippen molar-refractivity contribution in [2.75, 3.05) is 17.7 Å². The van der Waals surface area contributed by atoms with Gasteiger partial charge in [-0.25, -0.2) is 0 Å². The average molecular weight is 342 g/mol. The van der Waals surface area contributed by atoms with Crippen molar-refractivity contribution in [3.8, 4) is 5.75 Å². The van der Waals surface area contributed by atoms with Gasteiger partial charge in [0.05, 0.1) is 19.0 Å². The summed E-state index contributed by atoms with van der Waals surface area (Å²) < 4.78 is 5.31. The van der Waals surface area contributed by atoms with Gasteiger partial charge in [0, 0.05) is 10.7 Å². The van der Waals surface area contributed by atoms with Gasteiger partial charge >= 0.3 is 0 Å². The van der Waals surface area contributed by atoms with Gasteiger partial charge in [-0.15, -0.1) is 5.10 Å². The van der Waals surface area contributed by atoms with E-state index in [0.717, 1.165) is 11.3 Å². The van der Waals surface area contributed by atoms with E-state index in [1.807, 2.05) is 31.2 Å². The van der Waals surface area contributed by atoms with E-state index in [1.165, 1.54) is 6.20 Å². The van der Waals surface area contributed by atoms with Gasteiger partial charge in [-0.1, -0.05) is 23.7 Å². The molecule has 2 aromatic carbocycles. The van der Waals surface area contributed by atoms with E-state index in [-0.39, 0.29) is 0 Å². The smallest absolute Gasteiger partial charge is 0.249 e. The van der Waals surface area contributed by atoms with Gasteiger partial charge in [0.15, 0.2) is 5.82 Å². The molecule has 1 heterocycles. The molecule has 0 spiro atoms. The number of nitrogens with zero attached hydrogens (tertiary/aromatic N) is 3. The van der Waals surface area contributed by atoms with Crippen LogP contribution in [0, 0.1) is 6.92 Å². The molecule has 0 bridgehead atoms. The molecule has 24 heavy (non-hydrogen) atoms. The summed E-state index contributed by atoms with van der Waals surface area (Å²) in [6.07, 6.45) is 1.53. The molecule has 0 saturated carbocycles. The van der Waals surface area contributed by atoms with Crippen molar-refractivity contribution in [2.45, 2.75) is 6.92 Å². The average Bonchev–Trinajstić information content (AvgIpc) is 2.55. The Morgan fingerprint density at radius 3 is 2.75 bits per heavy atom. The second-order valence-electron chi connectivity index (χ2n) is 5.13. The van der Waals surface area contributed by atoms with Gasteiger partial charge in [0.2, 0.25) is 5.95 Å². The SMILES string of the molecule is COc1ccc(Cl)cc1Nc1cnnc(Nc2cccc(C)c2)n1. The number of rotatable bonds is 5. The summed E-state index contributed by atoms with van der Waals surface area (Å²) in [5.74, 6) is 1.58. The van der Waals surface area contributed by atoms with Gasteiger partial charge in [-0.3, -0.25) is 0 Å². The van der Waals surface area contributed by atoms with Crippen molar-refractivity contribution < 1.29 is 4.74 Å². The number of anilines is 4. The Kier molecular flexibility index (Phi) is 4.77. The highest BCUT2D eigenvalue weighted by molar-refractivity contribution is 6.31. The number of hydrogen-bond acceptors (Lipinski definition) is 6. The summed E-state index contributed by atoms with van der Waals surface area (Å²) in [5, 5.41) is 14.8. The van der Waals surface area contributed by atoms with Gasteiger partial charge < -0.3 is 15.4 Å². The van der Waals surface area contributed by atoms with Crippen LogP contribution in [-0.4, -0.2) is 22.3 Å². The standard InChI is InChI=1S/C17H16ClN5O/c1-11-4-3-5-13(8-11)20-17-22-16(10-19-23-17)21-14-9-12(18)6-7-15(14)24-2/h3-10H,1-2H3,(H2,20,21,22,23). The lowest BCUT2D eigenvalue weighted by Gasteiger charge is -2.11. The van der Waals surface area contributed by atoms with Gasteiger partial charge in [-0.05, 0) is 42.8 Å². The normalized spacial score (nSPS) is 10.3. The minimum absolute atomic E-state index is 0.395. The van der Waals surface area contributed by atoms with E-state index >= 15 is 0 Å². The van der Waals surface area contributed by atoms with E-state index in [0.29, 0.717) is 28.2 Å². The van der Waals surface area contributed by atoms with Crippen LogP contribution in [0.25, 0.3) is 0 Å². The van der Waals surface area contributed by atoms with Crippen molar-refractivity contribution in [3.05, 3.63) is 59.2 Å². The first-order valence-corrected chi connectivity index (χ1v) is 7.66. The lowest BCUT2D eigenvalue weighted by molar-refractivity contribution is 0.417. The van der Waals surface area contributed by atoms with Crippen molar-refractivity contribution in [2.24, 2.45) is 0 Å². The van der Waals surface area contributed by atoms with Crippen LogP contribution in [0.1, 0.15) is 5.56 Å². The maximum absolute atomic E-state index is 6.04. The topological polar surface area (TPSA) is 72.0 Å². The Balaban J connectivity index is 1.82. The summed E-state index contributed by atoms with van der Waals surface area (Å²) in [5.41, 5.74) is 2.74. The molecule has 0 atom stereocenters. The summed E-state index contributed by atoms with van der Waals surface area (Å²) in [6.45, 7) is 2.02. The molecule has 0 aliphatic rings. The van der Waals surface area contributed by atoms with E-state index in [4.69, 9.17) is 16.3 Å². The Hall–Kier alpha value is -2.86. The van der Waals surface area contributed by atoms with E-state index < -0.39 is 0 Å². The zero-order valence-corrected chi connectivity index (χ0v) is 14.0. The monoisotopic (exact) mass is 341 g/mol. The molecule has 0 aliphatic carbocycles. The molecule has 3 aromatic rings. The largest absolute Gasteiger partial charge is 0.495 e. The highest BCUT2D eigenvalue weighted by Crippen LogP contribution is 2.30. The second-order valence-corrected chi connectivity index (χ2v) is 5.57. The first kappa shape index (κ1) is 16.0. The van der Waals surface area contributed by atoms with Crippen molar-refractivity contribution in [1.82, 2.24) is 15.2 Å². The van der Waals surface area contributed by atoms with Crippen molar-refractivity contribution in [3.63, 3.8) is 0 Å². The van der Waals surface area contributed by atoms with Crippen LogP contribution < -0.4 is 15.4 Å². The lowest BCUT2D eigenvalue weighted by Crippen LogP contribution is -2.03. The Labute approximate surface area is 144 Å². The maximum Gasteiger partial charge on any atom is 0.249 e. The van der Waals surface area contributed by atoms with E-state index in [2.05, 4.69) is 25.8 Å². The van der Waals surface area contributed by atoms with Crippen LogP contribution >= 0.6 is 11.6 Å². The highest BCUT2D eigenvalue weighted by Gasteiger charge is 2.07. The first-order chi connectivity index (χ1) is 11.6. The maximum atomic E-state index is 6.04. The van der Waals surface area contributed by atoms with Crippen LogP contribution in [0.2, 0.25) is 5.02 Å². The molecule has 1 aromatic heterocycles. The van der Waals surface area contributed by atoms with Crippen LogP contribution in [0.3, 0.4) is 0 Å². The Morgan fingerprint density at radius 1 is 1.08 bits per heavy atom. The van der Waals surface area contributed by atoms with Crippen molar-refractivity contribution in [1.29, 1.82) is 0 Å². The third kappa shape index (κ3) is 3.91. The van der Waals surface area contributed by atoms with Crippen LogP contribution in [0.15, 0.2) is 48.7 Å². The zero-order valence-electron chi connectivity index (χ0n) is 13.2. The third-order valence-corrected chi connectivity index (χ3v) is 3.49. The predicted octanol–water partition coefficient (Wildman–Crippen LogP) is 4.33. The van der Waals surface area contributed by atoms with Gasteiger partial charge in [0.25, 0.3) is 0 Å². The highest BCUT2D eigenvalue weighted by atomic mass is 35.5. The molecule has 0 fully saturated rings. The zero-order chi connectivity index (χ0) is 16.9. The summed E-state index contributed by atoms with van der Waals surface area (Å²) in [7, 11) is 1.59. The number of benzene rings is 2. The second kappa shape index (κ2) is 7.14. The number of halogens is 1. The fraction of sp³-hybridized carbons (Fsp3) is 0.118. The molecule has 0 amide bonds. The van der Waals surface area contributed by atoms with Crippen molar-refractivity contribution >= 4 is 34.7 Å². The Morgan fingerprint density at radius 2 is 1.96 bits per heavy atom. The third-order valence-electron chi connectivity index (χ3n) is 3.26. The molecule has 0 aliphatic heterocycles. The van der Waals surface area contributed by atoms with Crippen LogP contribution in [-0.2, 0) is 0 Å². The molecule has 0 unspecified atom stereocenters. The number of ether oxygens (including phenoxy) is 1. The lowest BCUT2D eigenvalue weighted by atomic mass is 10.2. The summed E-state index contributed by atoms with van der Waals surface area (Å²) in [4.78, 5) is 4.40. The molecule has 2 N–H and O–H groups in total. The quantitative estimate of drug-likeness (QED) is 0.719. The number of aryl methyl sites for hydroxylation is 1. The molecule has 6 nitrogen and oxygen atoms in total. The predicted molar refractivity (Wildman–Crippen MR) is 95.6 cm³/mol. The summed E-state index contributed by atoms with van der Waals surface area (Å²) in [6, 6.07) is 13.2. The van der Waals surface area contributed by atoms with Crippen LogP contribution in [0.5, 0.6) is 5.75 Å². The summed E-state index contributed by atoms with van der Waals surface area (Å²) >= 11 is 6.04. The number of nitrogens with one attached hydrogen (secondary N) is 2. The molecule has 7 heteroatoms. The molecule has 122 valence electrons. The minimum Gasteiger partial charge on any atom is -0.495 e. The van der Waals surface area contributed by atoms with E-state index in [9.17, 15) is 0 Å². The molecule has 0 radical (unpaired) electrons.